The Balaban J connectivity index is 1.81. The fourth-order valence-corrected chi connectivity index (χ4v) is 6.70. The molecule has 0 spiro atoms. The largest absolute Gasteiger partial charge is 0.494 e. The Morgan fingerprint density at radius 3 is 2.15 bits per heavy atom. The second-order valence-electron chi connectivity index (χ2n) is 11.4. The van der Waals surface area contributed by atoms with Crippen LogP contribution in [0.2, 0.25) is 5.02 Å². The monoisotopic (exact) mass is 675 g/mol. The van der Waals surface area contributed by atoms with E-state index in [1.807, 2.05) is 64.1 Å². The highest BCUT2D eigenvalue weighted by Crippen LogP contribution is 2.27. The summed E-state index contributed by atoms with van der Waals surface area (Å²) in [6.07, 6.45) is 0.926. The Morgan fingerprint density at radius 1 is 0.872 bits per heavy atom. The molecule has 0 aliphatic heterocycles. The number of nitrogens with one attached hydrogen (secondary N) is 1. The van der Waals surface area contributed by atoms with Crippen LogP contribution in [-0.2, 0) is 32.6 Å². The molecule has 0 fully saturated rings. The van der Waals surface area contributed by atoms with E-state index in [1.165, 1.54) is 17.0 Å². The smallest absolute Gasteiger partial charge is 0.264 e. The zero-order chi connectivity index (χ0) is 34.0. The summed E-state index contributed by atoms with van der Waals surface area (Å²) in [5, 5.41) is 3.53. The fourth-order valence-electron chi connectivity index (χ4n) is 5.07. The summed E-state index contributed by atoms with van der Waals surface area (Å²) in [7, 11) is -4.21. The summed E-state index contributed by atoms with van der Waals surface area (Å²) in [5.41, 5.74) is 2.75. The van der Waals surface area contributed by atoms with Crippen LogP contribution in [0.5, 0.6) is 5.75 Å². The van der Waals surface area contributed by atoms with Crippen molar-refractivity contribution < 1.29 is 22.7 Å². The summed E-state index contributed by atoms with van der Waals surface area (Å²) in [4.78, 5) is 30.0. The highest BCUT2D eigenvalue weighted by molar-refractivity contribution is 7.92. The SMILES string of the molecule is CCOc1ccc(N(CC(=O)N(Cc2cccc(Cl)c2)[C@H](Cc2ccccc2)C(=O)N[C@H](C)CC)S(=O)(=O)c2ccc(C)cc2)cc1. The molecule has 248 valence electrons. The molecule has 0 aromatic heterocycles. The van der Waals surface area contributed by atoms with E-state index < -0.39 is 28.5 Å². The summed E-state index contributed by atoms with van der Waals surface area (Å²) in [6.45, 7) is 7.54. The van der Waals surface area contributed by atoms with Gasteiger partial charge in [0.25, 0.3) is 10.0 Å². The molecule has 0 saturated heterocycles. The first-order valence-electron chi connectivity index (χ1n) is 15.7. The summed E-state index contributed by atoms with van der Waals surface area (Å²) in [6, 6.07) is 28.5. The van der Waals surface area contributed by atoms with Gasteiger partial charge in [-0.3, -0.25) is 13.9 Å². The Hall–Kier alpha value is -4.34. The Morgan fingerprint density at radius 2 is 1.53 bits per heavy atom. The lowest BCUT2D eigenvalue weighted by atomic mass is 10.0. The van der Waals surface area contributed by atoms with Crippen LogP contribution in [0.4, 0.5) is 5.69 Å². The molecule has 0 radical (unpaired) electrons. The molecule has 0 bridgehead atoms. The maximum atomic E-state index is 14.6. The van der Waals surface area contributed by atoms with E-state index in [-0.39, 0.29) is 35.5 Å². The molecule has 47 heavy (non-hydrogen) atoms. The molecule has 4 rings (SSSR count). The number of amides is 2. The number of sulfonamides is 1. The lowest BCUT2D eigenvalue weighted by molar-refractivity contribution is -0.140. The van der Waals surface area contributed by atoms with E-state index in [1.54, 1.807) is 54.6 Å². The fraction of sp³-hybridized carbons (Fsp3) is 0.297. The van der Waals surface area contributed by atoms with Gasteiger partial charge in [0.05, 0.1) is 17.2 Å². The predicted octanol–water partition coefficient (Wildman–Crippen LogP) is 6.80. The van der Waals surface area contributed by atoms with Crippen LogP contribution in [0.3, 0.4) is 0 Å². The molecule has 4 aromatic carbocycles. The number of benzene rings is 4. The van der Waals surface area contributed by atoms with Gasteiger partial charge in [-0.15, -0.1) is 0 Å². The number of anilines is 1. The normalized spacial score (nSPS) is 12.5. The van der Waals surface area contributed by atoms with Gasteiger partial charge in [0.15, 0.2) is 0 Å². The first-order chi connectivity index (χ1) is 22.5. The molecule has 1 N–H and O–H groups in total. The minimum Gasteiger partial charge on any atom is -0.494 e. The number of rotatable bonds is 15. The van der Waals surface area contributed by atoms with Crippen molar-refractivity contribution in [1.82, 2.24) is 10.2 Å². The second-order valence-corrected chi connectivity index (χ2v) is 13.7. The minimum absolute atomic E-state index is 0.0342. The van der Waals surface area contributed by atoms with Crippen LogP contribution in [0.1, 0.15) is 43.9 Å². The van der Waals surface area contributed by atoms with Crippen LogP contribution in [0.15, 0.2) is 108 Å². The zero-order valence-electron chi connectivity index (χ0n) is 27.2. The molecule has 4 aromatic rings. The molecule has 0 saturated carbocycles. The van der Waals surface area contributed by atoms with Gasteiger partial charge in [-0.1, -0.05) is 78.7 Å². The van der Waals surface area contributed by atoms with Gasteiger partial charge in [-0.25, -0.2) is 8.42 Å². The molecule has 2 atom stereocenters. The molecular formula is C37H42ClN3O5S. The van der Waals surface area contributed by atoms with Crippen molar-refractivity contribution in [2.24, 2.45) is 0 Å². The Kier molecular flexibility index (Phi) is 12.4. The topological polar surface area (TPSA) is 96.0 Å². The van der Waals surface area contributed by atoms with Crippen molar-refractivity contribution in [3.8, 4) is 5.75 Å². The molecular weight excluding hydrogens is 634 g/mol. The number of hydrogen-bond donors (Lipinski definition) is 1. The van der Waals surface area contributed by atoms with E-state index >= 15 is 0 Å². The highest BCUT2D eigenvalue weighted by Gasteiger charge is 2.35. The average Bonchev–Trinajstić information content (AvgIpc) is 3.06. The van der Waals surface area contributed by atoms with E-state index in [9.17, 15) is 18.0 Å². The average molecular weight is 676 g/mol. The summed E-state index contributed by atoms with van der Waals surface area (Å²) in [5.74, 6) is -0.301. The number of aryl methyl sites for hydroxylation is 1. The van der Waals surface area contributed by atoms with Gasteiger partial charge in [0, 0.05) is 24.0 Å². The third-order valence-electron chi connectivity index (χ3n) is 7.84. The van der Waals surface area contributed by atoms with Crippen LogP contribution < -0.4 is 14.4 Å². The highest BCUT2D eigenvalue weighted by atomic mass is 35.5. The van der Waals surface area contributed by atoms with Gasteiger partial charge in [-0.05, 0) is 86.8 Å². The van der Waals surface area contributed by atoms with Gasteiger partial charge < -0.3 is 15.0 Å². The zero-order valence-corrected chi connectivity index (χ0v) is 28.8. The van der Waals surface area contributed by atoms with Crippen molar-refractivity contribution in [1.29, 1.82) is 0 Å². The Bertz CT molecular complexity index is 1730. The van der Waals surface area contributed by atoms with Crippen LogP contribution >= 0.6 is 11.6 Å². The molecule has 2 amide bonds. The number of hydrogen-bond acceptors (Lipinski definition) is 5. The molecule has 8 nitrogen and oxygen atoms in total. The van der Waals surface area contributed by atoms with Gasteiger partial charge in [-0.2, -0.15) is 0 Å². The van der Waals surface area contributed by atoms with Gasteiger partial charge >= 0.3 is 0 Å². The number of ether oxygens (including phenoxy) is 1. The van der Waals surface area contributed by atoms with Gasteiger partial charge in [0.1, 0.15) is 18.3 Å². The molecule has 0 aliphatic rings. The van der Waals surface area contributed by atoms with Crippen molar-refractivity contribution in [2.75, 3.05) is 17.5 Å². The third kappa shape index (κ3) is 9.59. The van der Waals surface area contributed by atoms with E-state index in [0.29, 0.717) is 29.4 Å². The number of carbonyl (C=O) groups excluding carboxylic acids is 2. The number of carbonyl (C=O) groups is 2. The molecule has 0 heterocycles. The van der Waals surface area contributed by atoms with Crippen LogP contribution in [0, 0.1) is 6.92 Å². The second kappa shape index (κ2) is 16.5. The van der Waals surface area contributed by atoms with Crippen molar-refractivity contribution in [3.05, 3.63) is 125 Å². The van der Waals surface area contributed by atoms with E-state index in [4.69, 9.17) is 16.3 Å². The lowest BCUT2D eigenvalue weighted by Gasteiger charge is -2.34. The number of nitrogens with zero attached hydrogens (tertiary/aromatic N) is 2. The van der Waals surface area contributed by atoms with Gasteiger partial charge in [0.2, 0.25) is 11.8 Å². The van der Waals surface area contributed by atoms with Crippen molar-refractivity contribution in [3.63, 3.8) is 0 Å². The van der Waals surface area contributed by atoms with E-state index in [0.717, 1.165) is 15.4 Å². The number of halogens is 1. The summed E-state index contributed by atoms with van der Waals surface area (Å²) >= 11 is 6.33. The first-order valence-corrected chi connectivity index (χ1v) is 17.5. The summed E-state index contributed by atoms with van der Waals surface area (Å²) < 4.78 is 35.1. The first kappa shape index (κ1) is 35.5. The van der Waals surface area contributed by atoms with Crippen LogP contribution in [-0.4, -0.2) is 50.4 Å². The standard InChI is InChI=1S/C37H42ClN3O5S/c1-5-28(4)39-37(43)35(24-29-11-8-7-9-12-29)40(25-30-13-10-14-31(38)23-30)36(42)26-41(32-17-19-33(20-18-32)46-6-2)47(44,45)34-21-15-27(3)16-22-34/h7-23,28,35H,5-6,24-26H2,1-4H3,(H,39,43)/t28-,35-/m1/s1. The molecule has 0 aliphatic carbocycles. The maximum absolute atomic E-state index is 14.6. The minimum atomic E-state index is -4.21. The van der Waals surface area contributed by atoms with Crippen molar-refractivity contribution in [2.45, 2.75) is 64.1 Å². The van der Waals surface area contributed by atoms with Crippen molar-refractivity contribution >= 4 is 39.1 Å². The van der Waals surface area contributed by atoms with E-state index in [2.05, 4.69) is 5.32 Å². The molecule has 0 unspecified atom stereocenters. The molecule has 10 heteroatoms. The maximum Gasteiger partial charge on any atom is 0.264 e. The predicted molar refractivity (Wildman–Crippen MR) is 187 cm³/mol. The van der Waals surface area contributed by atoms with Crippen LogP contribution in [0.25, 0.3) is 0 Å². The third-order valence-corrected chi connectivity index (χ3v) is 9.86. The lowest BCUT2D eigenvalue weighted by Crippen LogP contribution is -2.54. The Labute approximate surface area is 283 Å². The quantitative estimate of drug-likeness (QED) is 0.150.